The Bertz CT molecular complexity index is 729. The van der Waals surface area contributed by atoms with Crippen LogP contribution in [0.1, 0.15) is 54.5 Å². The number of nitrogens with zero attached hydrogens (tertiary/aromatic N) is 2. The monoisotopic (exact) mass is 326 g/mol. The summed E-state index contributed by atoms with van der Waals surface area (Å²) in [5.74, 6) is 0.332. The Morgan fingerprint density at radius 3 is 3.08 bits per heavy atom. The zero-order valence-corrected chi connectivity index (χ0v) is 13.5. The number of phenols is 1. The molecule has 0 spiro atoms. The van der Waals surface area contributed by atoms with Crippen molar-refractivity contribution in [2.75, 3.05) is 6.54 Å². The number of carbonyl (C=O) groups excluding carboxylic acids is 1. The number of likely N-dealkylation sites (tertiary alicyclic amines) is 1. The Morgan fingerprint density at radius 1 is 1.33 bits per heavy atom. The summed E-state index contributed by atoms with van der Waals surface area (Å²) in [5.41, 5.74) is 3.07. The van der Waals surface area contributed by atoms with Crippen molar-refractivity contribution in [1.29, 1.82) is 0 Å². The van der Waals surface area contributed by atoms with Gasteiger partial charge in [0.05, 0.1) is 18.3 Å². The first-order valence-electron chi connectivity index (χ1n) is 8.60. The first-order valence-corrected chi connectivity index (χ1v) is 8.60. The Labute approximate surface area is 140 Å². The molecule has 2 aromatic rings. The summed E-state index contributed by atoms with van der Waals surface area (Å²) < 4.78 is 0. The van der Waals surface area contributed by atoms with Crippen LogP contribution in [-0.4, -0.2) is 32.8 Å². The summed E-state index contributed by atoms with van der Waals surface area (Å²) in [6.07, 6.45) is 8.44. The van der Waals surface area contributed by atoms with Crippen LogP contribution in [0.3, 0.4) is 0 Å². The number of hydrogen-bond acceptors (Lipinski definition) is 3. The number of urea groups is 1. The number of nitrogens with one attached hydrogen (secondary N) is 2. The van der Waals surface area contributed by atoms with E-state index in [0.717, 1.165) is 55.3 Å². The van der Waals surface area contributed by atoms with Crippen LogP contribution in [0.2, 0.25) is 0 Å². The van der Waals surface area contributed by atoms with Gasteiger partial charge < -0.3 is 15.3 Å². The molecule has 0 bridgehead atoms. The van der Waals surface area contributed by atoms with E-state index in [2.05, 4.69) is 15.5 Å². The van der Waals surface area contributed by atoms with Crippen LogP contribution >= 0.6 is 0 Å². The predicted octanol–water partition coefficient (Wildman–Crippen LogP) is 3.04. The van der Waals surface area contributed by atoms with Crippen LogP contribution in [0, 0.1) is 0 Å². The number of rotatable bonds is 2. The van der Waals surface area contributed by atoms with Crippen molar-refractivity contribution in [3.8, 4) is 5.75 Å². The van der Waals surface area contributed by atoms with Gasteiger partial charge in [0, 0.05) is 18.3 Å². The molecule has 1 aromatic heterocycles. The lowest BCUT2D eigenvalue weighted by molar-refractivity contribution is 0.148. The van der Waals surface area contributed by atoms with Crippen molar-refractivity contribution in [2.45, 2.75) is 44.2 Å². The normalized spacial score (nSPS) is 23.1. The molecule has 6 nitrogen and oxygen atoms in total. The molecule has 3 N–H and O–H groups in total. The highest BCUT2D eigenvalue weighted by molar-refractivity contribution is 5.75. The third kappa shape index (κ3) is 2.62. The number of H-pyrrole nitrogens is 1. The van der Waals surface area contributed by atoms with Crippen molar-refractivity contribution >= 4 is 6.03 Å². The smallest absolute Gasteiger partial charge is 0.318 e. The van der Waals surface area contributed by atoms with Crippen molar-refractivity contribution in [1.82, 2.24) is 20.4 Å². The van der Waals surface area contributed by atoms with Crippen molar-refractivity contribution in [3.63, 3.8) is 0 Å². The molecule has 2 aliphatic rings. The van der Waals surface area contributed by atoms with Gasteiger partial charge in [0.15, 0.2) is 0 Å². The average Bonchev–Trinajstić information content (AvgIpc) is 3.26. The van der Waals surface area contributed by atoms with Crippen LogP contribution < -0.4 is 5.32 Å². The lowest BCUT2D eigenvalue weighted by Gasteiger charge is -2.36. The predicted molar refractivity (Wildman–Crippen MR) is 89.6 cm³/mol. The van der Waals surface area contributed by atoms with Gasteiger partial charge in [-0.3, -0.25) is 5.10 Å². The SMILES string of the molecule is O=C(NC1CCc2c(O)cccc21)N1CCCCC1c1cn[nH]c1. The van der Waals surface area contributed by atoms with E-state index in [1.54, 1.807) is 12.3 Å². The fourth-order valence-electron chi connectivity index (χ4n) is 3.98. The summed E-state index contributed by atoms with van der Waals surface area (Å²) in [4.78, 5) is 14.8. The zero-order chi connectivity index (χ0) is 16.5. The van der Waals surface area contributed by atoms with E-state index < -0.39 is 0 Å². The Hall–Kier alpha value is -2.50. The molecule has 2 amide bonds. The van der Waals surface area contributed by atoms with E-state index in [1.165, 1.54) is 0 Å². The molecule has 4 rings (SSSR count). The minimum Gasteiger partial charge on any atom is -0.508 e. The van der Waals surface area contributed by atoms with E-state index in [9.17, 15) is 9.90 Å². The maximum Gasteiger partial charge on any atom is 0.318 e. The topological polar surface area (TPSA) is 81.2 Å². The van der Waals surface area contributed by atoms with E-state index in [0.29, 0.717) is 5.75 Å². The summed E-state index contributed by atoms with van der Waals surface area (Å²) in [5, 5.41) is 20.0. The maximum atomic E-state index is 12.9. The van der Waals surface area contributed by atoms with E-state index in [1.807, 2.05) is 23.2 Å². The van der Waals surface area contributed by atoms with Crippen molar-refractivity contribution in [2.24, 2.45) is 0 Å². The number of amides is 2. The second kappa shape index (κ2) is 6.19. The molecule has 126 valence electrons. The standard InChI is InChI=1S/C18H22N4O2/c23-17-6-3-4-13-14(17)7-8-15(13)21-18(24)22-9-2-1-5-16(22)12-10-19-20-11-12/h3-4,6,10-11,15-16,23H,1-2,5,7-9H2,(H,19,20)(H,21,24). The van der Waals surface area contributed by atoms with Gasteiger partial charge in [-0.2, -0.15) is 5.10 Å². The molecule has 1 aliphatic heterocycles. The Kier molecular flexibility index (Phi) is 3.88. The van der Waals surface area contributed by atoms with Crippen molar-refractivity contribution in [3.05, 3.63) is 47.3 Å². The highest BCUT2D eigenvalue weighted by Gasteiger charge is 2.32. The number of fused-ring (bicyclic) bond motifs is 1. The second-order valence-electron chi connectivity index (χ2n) is 6.62. The van der Waals surface area contributed by atoms with E-state index in [-0.39, 0.29) is 18.1 Å². The highest BCUT2D eigenvalue weighted by Crippen LogP contribution is 2.37. The molecule has 2 unspecified atom stereocenters. The van der Waals surface area contributed by atoms with Gasteiger partial charge in [0.25, 0.3) is 0 Å². The largest absolute Gasteiger partial charge is 0.508 e. The first kappa shape index (κ1) is 15.1. The van der Waals surface area contributed by atoms with Gasteiger partial charge >= 0.3 is 6.03 Å². The molecule has 1 aliphatic carbocycles. The summed E-state index contributed by atoms with van der Waals surface area (Å²) in [7, 11) is 0. The quantitative estimate of drug-likeness (QED) is 0.793. The van der Waals surface area contributed by atoms with E-state index >= 15 is 0 Å². The number of aromatic nitrogens is 2. The zero-order valence-electron chi connectivity index (χ0n) is 13.5. The number of piperidine rings is 1. The Balaban J connectivity index is 1.51. The minimum absolute atomic E-state index is 0.0217. The first-order chi connectivity index (χ1) is 11.7. The van der Waals surface area contributed by atoms with Crippen LogP contribution in [0.5, 0.6) is 5.75 Å². The molecule has 6 heteroatoms. The molecule has 24 heavy (non-hydrogen) atoms. The summed E-state index contributed by atoms with van der Waals surface area (Å²) >= 11 is 0. The molecule has 2 atom stereocenters. The number of benzene rings is 1. The average molecular weight is 326 g/mol. The third-order valence-corrected chi connectivity index (χ3v) is 5.21. The molecule has 1 fully saturated rings. The molecule has 1 aromatic carbocycles. The number of hydrogen-bond donors (Lipinski definition) is 3. The van der Waals surface area contributed by atoms with Gasteiger partial charge in [0.2, 0.25) is 0 Å². The van der Waals surface area contributed by atoms with Gasteiger partial charge in [-0.25, -0.2) is 4.79 Å². The molecule has 0 radical (unpaired) electrons. The number of aromatic hydroxyl groups is 1. The fraction of sp³-hybridized carbons (Fsp3) is 0.444. The number of aromatic amines is 1. The summed E-state index contributed by atoms with van der Waals surface area (Å²) in [6.45, 7) is 0.765. The van der Waals surface area contributed by atoms with Gasteiger partial charge in [0.1, 0.15) is 5.75 Å². The highest BCUT2D eigenvalue weighted by atomic mass is 16.3. The number of carbonyl (C=O) groups is 1. The van der Waals surface area contributed by atoms with E-state index in [4.69, 9.17) is 0 Å². The molecule has 2 heterocycles. The fourth-order valence-corrected chi connectivity index (χ4v) is 3.98. The van der Waals surface area contributed by atoms with Crippen LogP contribution in [0.15, 0.2) is 30.6 Å². The maximum absolute atomic E-state index is 12.9. The molecule has 0 saturated carbocycles. The van der Waals surface area contributed by atoms with Gasteiger partial charge in [-0.05, 0) is 49.3 Å². The van der Waals surface area contributed by atoms with Gasteiger partial charge in [-0.15, -0.1) is 0 Å². The lowest BCUT2D eigenvalue weighted by atomic mass is 9.98. The lowest BCUT2D eigenvalue weighted by Crippen LogP contribution is -2.45. The van der Waals surface area contributed by atoms with Gasteiger partial charge in [-0.1, -0.05) is 12.1 Å². The number of phenolic OH excluding ortho intramolecular Hbond substituents is 1. The minimum atomic E-state index is -0.0258. The Morgan fingerprint density at radius 2 is 2.25 bits per heavy atom. The molecular formula is C18H22N4O2. The van der Waals surface area contributed by atoms with Crippen LogP contribution in [0.4, 0.5) is 4.79 Å². The molecular weight excluding hydrogens is 304 g/mol. The third-order valence-electron chi connectivity index (χ3n) is 5.21. The second-order valence-corrected chi connectivity index (χ2v) is 6.62. The van der Waals surface area contributed by atoms with Crippen molar-refractivity contribution < 1.29 is 9.90 Å². The summed E-state index contributed by atoms with van der Waals surface area (Å²) in [6, 6.07) is 5.59. The molecule has 1 saturated heterocycles. The van der Waals surface area contributed by atoms with Crippen LogP contribution in [-0.2, 0) is 6.42 Å². The van der Waals surface area contributed by atoms with Crippen LogP contribution in [0.25, 0.3) is 0 Å².